The van der Waals surface area contributed by atoms with Crippen molar-refractivity contribution in [3.8, 4) is 71.5 Å². The highest BCUT2D eigenvalue weighted by molar-refractivity contribution is 5.44. The Morgan fingerprint density at radius 2 is 1.14 bits per heavy atom. The van der Waals surface area contributed by atoms with Crippen LogP contribution in [0.5, 0.6) is 0 Å². The van der Waals surface area contributed by atoms with Crippen molar-refractivity contribution in [1.29, 1.82) is 0 Å². The Balaban J connectivity index is 4.17. The van der Waals surface area contributed by atoms with Crippen molar-refractivity contribution in [3.63, 3.8) is 0 Å². The number of hydrogen-bond donors (Lipinski definition) is 0. The molecule has 0 aromatic heterocycles. The quantitative estimate of drug-likeness (QED) is 0.475. The number of terminal acetylenes is 1. The zero-order chi connectivity index (χ0) is 10.5. The summed E-state index contributed by atoms with van der Waals surface area (Å²) < 4.78 is 0. The van der Waals surface area contributed by atoms with Gasteiger partial charge in [-0.05, 0) is 65.3 Å². The molecule has 0 rings (SSSR count). The summed E-state index contributed by atoms with van der Waals surface area (Å²) in [6.07, 6.45) is 6.32. The van der Waals surface area contributed by atoms with Crippen molar-refractivity contribution >= 4 is 0 Å². The highest BCUT2D eigenvalue weighted by Crippen LogP contribution is 1.57. The highest BCUT2D eigenvalue weighted by Gasteiger charge is 1.55. The van der Waals surface area contributed by atoms with Crippen molar-refractivity contribution in [2.45, 2.75) is 0 Å². The molecule has 60 valence electrons. The van der Waals surface area contributed by atoms with E-state index in [2.05, 4.69) is 71.7 Å². The summed E-state index contributed by atoms with van der Waals surface area (Å²) in [7, 11) is 0. The van der Waals surface area contributed by atoms with Gasteiger partial charge < -0.3 is 0 Å². The van der Waals surface area contributed by atoms with E-state index in [1.807, 2.05) is 0 Å². The van der Waals surface area contributed by atoms with Crippen LogP contribution in [0.25, 0.3) is 0 Å². The number of allylic oxidation sites excluding steroid dienone is 1. The molecule has 0 radical (unpaired) electrons. The maximum atomic E-state index is 4.86. The maximum absolute atomic E-state index is 4.86. The molecule has 0 aromatic rings. The second-order valence-corrected chi connectivity index (χ2v) is 1.62. The molecule has 0 fully saturated rings. The van der Waals surface area contributed by atoms with E-state index in [1.165, 1.54) is 6.08 Å². The lowest BCUT2D eigenvalue weighted by Gasteiger charge is -1.55. The summed E-state index contributed by atoms with van der Waals surface area (Å²) in [5.74, 6) is 26.8. The van der Waals surface area contributed by atoms with Gasteiger partial charge >= 0.3 is 0 Å². The van der Waals surface area contributed by atoms with E-state index in [4.69, 9.17) is 6.42 Å². The molecule has 0 heteroatoms. The first kappa shape index (κ1) is 11.1. The summed E-state index contributed by atoms with van der Waals surface area (Å²) in [5, 5.41) is 0. The summed E-state index contributed by atoms with van der Waals surface area (Å²) in [6, 6.07) is 0. The normalized spacial score (nSPS) is 3.93. The Morgan fingerprint density at radius 3 is 1.57 bits per heavy atom. The monoisotopic (exact) mass is 172 g/mol. The van der Waals surface area contributed by atoms with Gasteiger partial charge in [-0.2, -0.15) is 0 Å². The zero-order valence-electron chi connectivity index (χ0n) is 7.36. The molecule has 0 aliphatic heterocycles. The third-order valence-electron chi connectivity index (χ3n) is 0.746. The van der Waals surface area contributed by atoms with Crippen molar-refractivity contribution in [3.05, 3.63) is 12.7 Å². The highest BCUT2D eigenvalue weighted by atomic mass is 13.6. The zero-order valence-corrected chi connectivity index (χ0v) is 7.36. The molecular formula is C14H4. The van der Waals surface area contributed by atoms with Crippen LogP contribution in [-0.4, -0.2) is 0 Å². The van der Waals surface area contributed by atoms with Gasteiger partial charge in [-0.1, -0.05) is 12.5 Å². The predicted molar refractivity (Wildman–Crippen MR) is 57.9 cm³/mol. The van der Waals surface area contributed by atoms with Crippen LogP contribution in [0, 0.1) is 71.5 Å². The van der Waals surface area contributed by atoms with Gasteiger partial charge in [0, 0.05) is 0 Å². The molecule has 0 heterocycles. The van der Waals surface area contributed by atoms with Gasteiger partial charge in [0.2, 0.25) is 0 Å². The van der Waals surface area contributed by atoms with Crippen molar-refractivity contribution < 1.29 is 0 Å². The fourth-order valence-corrected chi connectivity index (χ4v) is 0.342. The number of hydrogen-bond acceptors (Lipinski definition) is 0. The van der Waals surface area contributed by atoms with E-state index in [-0.39, 0.29) is 0 Å². The van der Waals surface area contributed by atoms with Gasteiger partial charge in [-0.15, -0.1) is 6.42 Å². The molecule has 0 spiro atoms. The van der Waals surface area contributed by atoms with Crippen LogP contribution in [0.4, 0.5) is 0 Å². The van der Waals surface area contributed by atoms with E-state index < -0.39 is 0 Å². The first-order valence-corrected chi connectivity index (χ1v) is 3.49. The first-order valence-electron chi connectivity index (χ1n) is 3.49. The molecule has 0 amide bonds. The van der Waals surface area contributed by atoms with Crippen LogP contribution < -0.4 is 0 Å². The third-order valence-corrected chi connectivity index (χ3v) is 0.746. The molecule has 0 aromatic carbocycles. The standard InChI is InChI=1S/C14H4/c1-3-5-7-9-11-13-14-12-10-8-6-4-2/h1,4H,2H2. The molecule has 0 saturated carbocycles. The van der Waals surface area contributed by atoms with E-state index in [1.54, 1.807) is 0 Å². The SMILES string of the molecule is C#CC#CC#CC#CC#CC#CC=C. The van der Waals surface area contributed by atoms with Crippen molar-refractivity contribution in [2.75, 3.05) is 0 Å². The Bertz CT molecular complexity index is 539. The molecule has 0 aliphatic rings. The fourth-order valence-electron chi connectivity index (χ4n) is 0.342. The molecule has 0 nitrogen and oxygen atoms in total. The van der Waals surface area contributed by atoms with E-state index in [9.17, 15) is 0 Å². The molecular weight excluding hydrogens is 168 g/mol. The van der Waals surface area contributed by atoms with Gasteiger partial charge in [0.15, 0.2) is 0 Å². The Labute approximate surface area is 84.8 Å². The molecule has 0 saturated heterocycles. The second-order valence-electron chi connectivity index (χ2n) is 1.62. The molecule has 0 atom stereocenters. The van der Waals surface area contributed by atoms with E-state index in [0.29, 0.717) is 0 Å². The van der Waals surface area contributed by atoms with Gasteiger partial charge in [0.25, 0.3) is 0 Å². The lowest BCUT2D eigenvalue weighted by molar-refractivity contribution is 2.27. The molecule has 0 aliphatic carbocycles. The molecule has 0 N–H and O–H groups in total. The minimum absolute atomic E-state index is 1.46. The van der Waals surface area contributed by atoms with Crippen LogP contribution in [-0.2, 0) is 0 Å². The van der Waals surface area contributed by atoms with Crippen LogP contribution in [0.15, 0.2) is 12.7 Å². The van der Waals surface area contributed by atoms with Crippen molar-refractivity contribution in [2.24, 2.45) is 0 Å². The average molecular weight is 172 g/mol. The molecule has 0 unspecified atom stereocenters. The second kappa shape index (κ2) is 10.1. The van der Waals surface area contributed by atoms with Gasteiger partial charge in [0.1, 0.15) is 0 Å². The van der Waals surface area contributed by atoms with Crippen LogP contribution in [0.2, 0.25) is 0 Å². The summed E-state index contributed by atoms with van der Waals surface area (Å²) in [4.78, 5) is 0. The number of rotatable bonds is 0. The summed E-state index contributed by atoms with van der Waals surface area (Å²) >= 11 is 0. The Kier molecular flexibility index (Phi) is 8.01. The predicted octanol–water partition coefficient (Wildman–Crippen LogP) is 0.823. The van der Waals surface area contributed by atoms with Gasteiger partial charge in [0.05, 0.1) is 0 Å². The third kappa shape index (κ3) is 9.10. The Morgan fingerprint density at radius 1 is 0.714 bits per heavy atom. The van der Waals surface area contributed by atoms with Gasteiger partial charge in [-0.3, -0.25) is 0 Å². The molecule has 0 bridgehead atoms. The minimum atomic E-state index is 1.46. The summed E-state index contributed by atoms with van der Waals surface area (Å²) in [6.45, 7) is 3.41. The molecule has 14 heavy (non-hydrogen) atoms. The maximum Gasteiger partial charge on any atom is -0.00000000257 e. The Hall–Kier alpha value is -2.90. The fraction of sp³-hybridized carbons (Fsp3) is 0. The van der Waals surface area contributed by atoms with Gasteiger partial charge in [-0.25, -0.2) is 0 Å². The first-order chi connectivity index (χ1) is 6.91. The largest absolute Gasteiger partial charge is 0.106 e. The topological polar surface area (TPSA) is 0 Å². The smallest absolute Gasteiger partial charge is 0.00000000257 e. The minimum Gasteiger partial charge on any atom is -0.106 e. The van der Waals surface area contributed by atoms with E-state index >= 15 is 0 Å². The van der Waals surface area contributed by atoms with Crippen molar-refractivity contribution in [1.82, 2.24) is 0 Å². The average Bonchev–Trinajstić information content (AvgIpc) is 2.21. The van der Waals surface area contributed by atoms with E-state index in [0.717, 1.165) is 0 Å². The summed E-state index contributed by atoms with van der Waals surface area (Å²) in [5.41, 5.74) is 0. The lowest BCUT2D eigenvalue weighted by Crippen LogP contribution is -1.54. The van der Waals surface area contributed by atoms with Crippen LogP contribution >= 0.6 is 0 Å². The van der Waals surface area contributed by atoms with Crippen LogP contribution in [0.3, 0.4) is 0 Å². The lowest BCUT2D eigenvalue weighted by atomic mass is 10.5. The van der Waals surface area contributed by atoms with Crippen LogP contribution in [0.1, 0.15) is 0 Å².